The first kappa shape index (κ1) is 19.7. The Bertz CT molecular complexity index is 1140. The Morgan fingerprint density at radius 3 is 2.60 bits per heavy atom. The highest BCUT2D eigenvalue weighted by atomic mass is 32.1. The summed E-state index contributed by atoms with van der Waals surface area (Å²) in [7, 11) is 0. The highest BCUT2D eigenvalue weighted by Gasteiger charge is 2.19. The van der Waals surface area contributed by atoms with Gasteiger partial charge in [-0.15, -0.1) is 11.3 Å². The fraction of sp³-hybridized carbons (Fsp3) is 0.143. The summed E-state index contributed by atoms with van der Waals surface area (Å²) in [4.78, 5) is 21.3. The number of hydrogen-bond acceptors (Lipinski definition) is 8. The lowest BCUT2D eigenvalue weighted by Crippen LogP contribution is -2.05. The quantitative estimate of drug-likeness (QED) is 0.401. The van der Waals surface area contributed by atoms with Crippen molar-refractivity contribution in [3.05, 3.63) is 81.9 Å². The van der Waals surface area contributed by atoms with Crippen LogP contribution >= 0.6 is 11.3 Å². The van der Waals surface area contributed by atoms with Crippen LogP contribution in [0.15, 0.2) is 59.1 Å². The summed E-state index contributed by atoms with van der Waals surface area (Å²) in [6.45, 7) is 1.74. The molecule has 2 aromatic heterocycles. The number of nitrogens with zero attached hydrogens (tertiary/aromatic N) is 3. The smallest absolute Gasteiger partial charge is 0.350 e. The third-order valence-corrected chi connectivity index (χ3v) is 5.14. The zero-order valence-corrected chi connectivity index (χ0v) is 16.7. The number of aromatic nitrogens is 3. The fourth-order valence-electron chi connectivity index (χ4n) is 2.59. The van der Waals surface area contributed by atoms with Crippen LogP contribution in [0.3, 0.4) is 0 Å². The standard InChI is InChI=1S/C21H16FN3O4S/c1-13-19(30-18(23-13)12-27-16-9-7-15(22)8-10-16)21(26)28-11-17-24-20(25-29-17)14-5-3-2-4-6-14/h2-10H,11-12H2,1H3. The third-order valence-electron chi connectivity index (χ3n) is 4.03. The van der Waals surface area contributed by atoms with Crippen molar-refractivity contribution in [1.29, 1.82) is 0 Å². The van der Waals surface area contributed by atoms with E-state index in [-0.39, 0.29) is 24.9 Å². The van der Waals surface area contributed by atoms with E-state index in [0.29, 0.717) is 27.2 Å². The van der Waals surface area contributed by atoms with Gasteiger partial charge in [-0.3, -0.25) is 0 Å². The zero-order valence-electron chi connectivity index (χ0n) is 15.9. The minimum atomic E-state index is -0.530. The van der Waals surface area contributed by atoms with E-state index in [2.05, 4.69) is 15.1 Å². The van der Waals surface area contributed by atoms with E-state index in [9.17, 15) is 9.18 Å². The fourth-order valence-corrected chi connectivity index (χ4v) is 3.46. The molecule has 0 N–H and O–H groups in total. The first-order chi connectivity index (χ1) is 14.6. The molecule has 30 heavy (non-hydrogen) atoms. The van der Waals surface area contributed by atoms with Gasteiger partial charge >= 0.3 is 5.97 Å². The number of thiazole rings is 1. The highest BCUT2D eigenvalue weighted by Crippen LogP contribution is 2.22. The van der Waals surface area contributed by atoms with Gasteiger partial charge < -0.3 is 14.0 Å². The Labute approximate surface area is 175 Å². The summed E-state index contributed by atoms with van der Waals surface area (Å²) in [6, 6.07) is 15.0. The number of carbonyl (C=O) groups excluding carboxylic acids is 1. The Kier molecular flexibility index (Phi) is 5.80. The van der Waals surface area contributed by atoms with Crippen LogP contribution in [0.2, 0.25) is 0 Å². The zero-order chi connectivity index (χ0) is 20.9. The van der Waals surface area contributed by atoms with Gasteiger partial charge in [0.25, 0.3) is 5.89 Å². The molecule has 0 unspecified atom stereocenters. The largest absolute Gasteiger partial charge is 0.486 e. The molecule has 0 aliphatic heterocycles. The number of aryl methyl sites for hydroxylation is 1. The van der Waals surface area contributed by atoms with E-state index < -0.39 is 5.97 Å². The van der Waals surface area contributed by atoms with E-state index in [1.54, 1.807) is 6.92 Å². The molecular formula is C21H16FN3O4S. The normalized spacial score (nSPS) is 10.7. The molecule has 4 aromatic rings. The van der Waals surface area contributed by atoms with Crippen molar-refractivity contribution in [2.75, 3.05) is 0 Å². The molecule has 0 spiro atoms. The molecule has 0 fully saturated rings. The molecule has 0 aliphatic carbocycles. The predicted molar refractivity (Wildman–Crippen MR) is 106 cm³/mol. The predicted octanol–water partition coefficient (Wildman–Crippen LogP) is 4.58. The van der Waals surface area contributed by atoms with Crippen molar-refractivity contribution >= 4 is 17.3 Å². The first-order valence-electron chi connectivity index (χ1n) is 8.98. The highest BCUT2D eigenvalue weighted by molar-refractivity contribution is 7.13. The number of ether oxygens (including phenoxy) is 2. The maximum absolute atomic E-state index is 12.9. The average Bonchev–Trinajstić information content (AvgIpc) is 3.39. The maximum atomic E-state index is 12.9. The van der Waals surface area contributed by atoms with Crippen LogP contribution in [0.5, 0.6) is 5.75 Å². The number of esters is 1. The number of halogens is 1. The maximum Gasteiger partial charge on any atom is 0.350 e. The van der Waals surface area contributed by atoms with Crippen molar-refractivity contribution in [2.45, 2.75) is 20.1 Å². The lowest BCUT2D eigenvalue weighted by Gasteiger charge is -2.03. The van der Waals surface area contributed by atoms with Gasteiger partial charge in [-0.2, -0.15) is 4.98 Å². The number of carbonyl (C=O) groups is 1. The molecule has 7 nitrogen and oxygen atoms in total. The van der Waals surface area contributed by atoms with E-state index in [4.69, 9.17) is 14.0 Å². The van der Waals surface area contributed by atoms with Gasteiger partial charge in [0.1, 0.15) is 28.1 Å². The molecule has 0 atom stereocenters. The van der Waals surface area contributed by atoms with E-state index >= 15 is 0 Å². The van der Waals surface area contributed by atoms with E-state index in [1.807, 2.05) is 30.3 Å². The summed E-state index contributed by atoms with van der Waals surface area (Å²) in [5.74, 6) is 0.270. The molecule has 2 aromatic carbocycles. The van der Waals surface area contributed by atoms with Gasteiger partial charge in [0.2, 0.25) is 5.82 Å². The Morgan fingerprint density at radius 2 is 1.83 bits per heavy atom. The van der Waals surface area contributed by atoms with Gasteiger partial charge in [-0.05, 0) is 31.2 Å². The molecule has 9 heteroatoms. The minimum absolute atomic E-state index is 0.141. The molecule has 0 radical (unpaired) electrons. The minimum Gasteiger partial charge on any atom is -0.486 e. The molecular weight excluding hydrogens is 409 g/mol. The van der Waals surface area contributed by atoms with Crippen molar-refractivity contribution in [3.8, 4) is 17.1 Å². The number of hydrogen-bond donors (Lipinski definition) is 0. The second-order valence-electron chi connectivity index (χ2n) is 6.22. The van der Waals surface area contributed by atoms with Gasteiger partial charge in [0, 0.05) is 5.56 Å². The summed E-state index contributed by atoms with van der Waals surface area (Å²) >= 11 is 1.18. The van der Waals surface area contributed by atoms with Crippen LogP contribution in [-0.4, -0.2) is 21.1 Å². The Balaban J connectivity index is 1.35. The summed E-state index contributed by atoms with van der Waals surface area (Å²) < 4.78 is 28.9. The Hall–Kier alpha value is -3.59. The first-order valence-corrected chi connectivity index (χ1v) is 9.80. The number of benzene rings is 2. The molecule has 0 amide bonds. The van der Waals surface area contributed by atoms with Crippen LogP contribution in [0.25, 0.3) is 11.4 Å². The van der Waals surface area contributed by atoms with Gasteiger partial charge in [0.05, 0.1) is 5.69 Å². The molecule has 0 aliphatic rings. The van der Waals surface area contributed by atoms with Crippen LogP contribution in [0.1, 0.15) is 26.3 Å². The molecule has 152 valence electrons. The van der Waals surface area contributed by atoms with Crippen LogP contribution in [0, 0.1) is 12.7 Å². The molecule has 0 saturated heterocycles. The molecule has 0 bridgehead atoms. The topological polar surface area (TPSA) is 87.3 Å². The Morgan fingerprint density at radius 1 is 1.07 bits per heavy atom. The summed E-state index contributed by atoms with van der Waals surface area (Å²) in [5.41, 5.74) is 1.35. The second kappa shape index (κ2) is 8.83. The lowest BCUT2D eigenvalue weighted by atomic mass is 10.2. The lowest BCUT2D eigenvalue weighted by molar-refractivity contribution is 0.0434. The monoisotopic (exact) mass is 425 g/mol. The van der Waals surface area contributed by atoms with E-state index in [1.165, 1.54) is 35.6 Å². The van der Waals surface area contributed by atoms with Crippen molar-refractivity contribution in [1.82, 2.24) is 15.1 Å². The van der Waals surface area contributed by atoms with Crippen LogP contribution < -0.4 is 4.74 Å². The molecule has 2 heterocycles. The average molecular weight is 425 g/mol. The molecule has 0 saturated carbocycles. The van der Waals surface area contributed by atoms with Crippen molar-refractivity contribution < 1.29 is 23.2 Å². The van der Waals surface area contributed by atoms with Crippen molar-refractivity contribution in [3.63, 3.8) is 0 Å². The second-order valence-corrected chi connectivity index (χ2v) is 7.30. The van der Waals surface area contributed by atoms with E-state index in [0.717, 1.165) is 5.56 Å². The number of rotatable bonds is 7. The van der Waals surface area contributed by atoms with Crippen LogP contribution in [0.4, 0.5) is 4.39 Å². The molecule has 4 rings (SSSR count). The van der Waals surface area contributed by atoms with Gasteiger partial charge in [-0.25, -0.2) is 14.2 Å². The summed E-state index contributed by atoms with van der Waals surface area (Å²) in [6.07, 6.45) is 0. The van der Waals surface area contributed by atoms with Gasteiger partial charge in [-0.1, -0.05) is 35.5 Å². The SMILES string of the molecule is Cc1nc(COc2ccc(F)cc2)sc1C(=O)OCc1nc(-c2ccccc2)no1. The van der Waals surface area contributed by atoms with Crippen LogP contribution in [-0.2, 0) is 18.0 Å². The van der Waals surface area contributed by atoms with Crippen molar-refractivity contribution in [2.24, 2.45) is 0 Å². The third kappa shape index (κ3) is 4.69. The summed E-state index contributed by atoms with van der Waals surface area (Å²) in [5, 5.41) is 4.49. The van der Waals surface area contributed by atoms with Gasteiger partial charge in [0.15, 0.2) is 6.61 Å².